The van der Waals surface area contributed by atoms with Gasteiger partial charge < -0.3 is 14.5 Å². The van der Waals surface area contributed by atoms with Crippen molar-refractivity contribution in [2.75, 3.05) is 13.2 Å². The number of nitrogens with zero attached hydrogens (tertiary/aromatic N) is 2. The molecular weight excluding hydrogens is 514 g/mol. The lowest BCUT2D eigenvalue weighted by Gasteiger charge is -2.15. The van der Waals surface area contributed by atoms with E-state index >= 15 is 0 Å². The fourth-order valence-electron chi connectivity index (χ4n) is 5.43. The Morgan fingerprint density at radius 2 is 1.05 bits per heavy atom. The fraction of sp³-hybridized carbons (Fsp3) is 0.0588. The first-order valence-electron chi connectivity index (χ1n) is 13.2. The Hall–Kier alpha value is -4.94. The smallest absolute Gasteiger partial charge is 0.180 e. The number of benzene rings is 2. The van der Waals surface area contributed by atoms with Gasteiger partial charge in [-0.15, -0.1) is 11.3 Å². The van der Waals surface area contributed by atoms with E-state index in [0.717, 1.165) is 77.0 Å². The third kappa shape index (κ3) is 3.92. The Bertz CT molecular complexity index is 1860. The van der Waals surface area contributed by atoms with Crippen LogP contribution in [0.5, 0.6) is 11.5 Å². The second kappa shape index (κ2) is 9.36. The quantitative estimate of drug-likeness (QED) is 0.240. The molecule has 40 heavy (non-hydrogen) atoms. The second-order valence-electron chi connectivity index (χ2n) is 9.75. The molecule has 3 aliphatic heterocycles. The molecule has 0 saturated heterocycles. The van der Waals surface area contributed by atoms with E-state index in [1.165, 1.54) is 0 Å². The third-order valence-electron chi connectivity index (χ3n) is 7.19. The van der Waals surface area contributed by atoms with Crippen LogP contribution >= 0.6 is 11.3 Å². The van der Waals surface area contributed by atoms with Crippen molar-refractivity contribution in [3.8, 4) is 33.8 Å². The number of fused-ring (bicyclic) bond motifs is 11. The number of hydrogen-bond donors (Lipinski definition) is 1. The van der Waals surface area contributed by atoms with Gasteiger partial charge >= 0.3 is 0 Å². The average Bonchev–Trinajstić information content (AvgIpc) is 3.80. The van der Waals surface area contributed by atoms with Gasteiger partial charge in [-0.25, -0.2) is 9.97 Å². The van der Waals surface area contributed by atoms with Gasteiger partial charge in [0.25, 0.3) is 0 Å². The molecule has 0 saturated carbocycles. The zero-order chi connectivity index (χ0) is 26.5. The zero-order valence-corrected chi connectivity index (χ0v) is 22.2. The van der Waals surface area contributed by atoms with Crippen LogP contribution in [0.2, 0.25) is 0 Å². The van der Waals surface area contributed by atoms with Gasteiger partial charge in [-0.05, 0) is 59.7 Å². The topological polar surface area (TPSA) is 60.0 Å². The Labute approximate surface area is 234 Å². The number of nitrogens with one attached hydrogen (secondary N) is 1. The maximum Gasteiger partial charge on any atom is 0.180 e. The molecule has 0 radical (unpaired) electrons. The number of ether oxygens (including phenoxy) is 2. The molecule has 6 heteroatoms. The van der Waals surface area contributed by atoms with Crippen LogP contribution in [0.4, 0.5) is 0 Å². The van der Waals surface area contributed by atoms with Crippen molar-refractivity contribution in [3.05, 3.63) is 108 Å². The molecule has 1 N–H and O–H groups in total. The van der Waals surface area contributed by atoms with Crippen LogP contribution in [0.15, 0.2) is 84.9 Å². The van der Waals surface area contributed by atoms with Crippen LogP contribution in [-0.2, 0) is 0 Å². The van der Waals surface area contributed by atoms with Gasteiger partial charge in [-0.3, -0.25) is 0 Å². The highest BCUT2D eigenvalue weighted by Gasteiger charge is 2.20. The molecular formula is C34H23N3O2S. The zero-order valence-electron chi connectivity index (χ0n) is 21.4. The van der Waals surface area contributed by atoms with Crippen molar-refractivity contribution in [3.63, 3.8) is 0 Å². The highest BCUT2D eigenvalue weighted by Crippen LogP contribution is 2.46. The molecule has 8 rings (SSSR count). The number of rotatable bonds is 2. The van der Waals surface area contributed by atoms with Crippen molar-refractivity contribution < 1.29 is 9.47 Å². The molecule has 5 nitrogen and oxygen atoms in total. The largest absolute Gasteiger partial charge is 0.485 e. The van der Waals surface area contributed by atoms with Crippen LogP contribution in [-0.4, -0.2) is 28.2 Å². The molecule has 0 fully saturated rings. The summed E-state index contributed by atoms with van der Waals surface area (Å²) in [6.07, 6.45) is 8.30. The summed E-state index contributed by atoms with van der Waals surface area (Å²) in [4.78, 5) is 13.9. The molecule has 0 aliphatic carbocycles. The Kier molecular flexibility index (Phi) is 5.38. The van der Waals surface area contributed by atoms with Crippen molar-refractivity contribution in [2.45, 2.75) is 0 Å². The van der Waals surface area contributed by atoms with Crippen molar-refractivity contribution in [2.24, 2.45) is 0 Å². The summed E-state index contributed by atoms with van der Waals surface area (Å²) in [6, 6.07) is 29.3. The van der Waals surface area contributed by atoms with Crippen LogP contribution in [0.25, 0.3) is 67.0 Å². The summed E-state index contributed by atoms with van der Waals surface area (Å²) in [5.41, 5.74) is 9.83. The normalized spacial score (nSPS) is 13.5. The van der Waals surface area contributed by atoms with E-state index in [2.05, 4.69) is 102 Å². The van der Waals surface area contributed by atoms with Gasteiger partial charge in [0, 0.05) is 22.2 Å². The maximum atomic E-state index is 6.09. The van der Waals surface area contributed by atoms with Crippen molar-refractivity contribution in [1.29, 1.82) is 0 Å². The van der Waals surface area contributed by atoms with Gasteiger partial charge in [0.1, 0.15) is 13.2 Å². The summed E-state index contributed by atoms with van der Waals surface area (Å²) in [5, 5.41) is 0. The highest BCUT2D eigenvalue weighted by molar-refractivity contribution is 7.24. The number of aromatic nitrogens is 3. The first-order valence-corrected chi connectivity index (χ1v) is 14.1. The lowest BCUT2D eigenvalue weighted by atomic mass is 10.0. The highest BCUT2D eigenvalue weighted by atomic mass is 32.1. The van der Waals surface area contributed by atoms with Crippen LogP contribution in [0, 0.1) is 0 Å². The molecule has 6 heterocycles. The van der Waals surface area contributed by atoms with Gasteiger partial charge in [-0.2, -0.15) is 0 Å². The molecule has 0 spiro atoms. The van der Waals surface area contributed by atoms with Crippen LogP contribution < -0.4 is 9.47 Å². The van der Waals surface area contributed by atoms with E-state index in [0.29, 0.717) is 13.2 Å². The minimum Gasteiger partial charge on any atom is -0.485 e. The van der Waals surface area contributed by atoms with E-state index in [9.17, 15) is 0 Å². The minimum atomic E-state index is 0.527. The molecule has 0 atom stereocenters. The second-order valence-corrected chi connectivity index (χ2v) is 10.8. The average molecular weight is 538 g/mol. The fourth-order valence-corrected chi connectivity index (χ4v) is 6.51. The van der Waals surface area contributed by atoms with Gasteiger partial charge in [0.15, 0.2) is 11.5 Å². The molecule has 0 amide bonds. The number of hydrogen-bond acceptors (Lipinski definition) is 5. The minimum absolute atomic E-state index is 0.527. The SMILES string of the molecule is C1=Cc2nc1cc1sc(cc3nc(c(-c4ccccc4)c4ccc([nH]4)c2-c2ccccc2)C=C3)c2c1OCCO2. The molecule has 8 bridgehead atoms. The van der Waals surface area contributed by atoms with Crippen LogP contribution in [0.1, 0.15) is 22.8 Å². The third-order valence-corrected chi connectivity index (χ3v) is 8.24. The number of thiophene rings is 1. The Balaban J connectivity index is 1.53. The summed E-state index contributed by atoms with van der Waals surface area (Å²) in [5.74, 6) is 1.56. The predicted molar refractivity (Wildman–Crippen MR) is 164 cm³/mol. The van der Waals surface area contributed by atoms with Crippen LogP contribution in [0.3, 0.4) is 0 Å². The molecule has 3 aliphatic rings. The lowest BCUT2D eigenvalue weighted by molar-refractivity contribution is 0.177. The van der Waals surface area contributed by atoms with Crippen molar-refractivity contribution in [1.82, 2.24) is 15.0 Å². The first kappa shape index (κ1) is 23.0. The number of aromatic amines is 1. The van der Waals surface area contributed by atoms with Gasteiger partial charge in [0.05, 0.1) is 32.2 Å². The van der Waals surface area contributed by atoms with E-state index in [-0.39, 0.29) is 0 Å². The summed E-state index contributed by atoms with van der Waals surface area (Å²) in [6.45, 7) is 1.05. The first-order chi connectivity index (χ1) is 19.8. The molecule has 2 aromatic carbocycles. The monoisotopic (exact) mass is 537 g/mol. The van der Waals surface area contributed by atoms with E-state index < -0.39 is 0 Å². The maximum absolute atomic E-state index is 6.09. The van der Waals surface area contributed by atoms with Gasteiger partial charge in [0.2, 0.25) is 0 Å². The summed E-state index contributed by atoms with van der Waals surface area (Å²) >= 11 is 1.64. The predicted octanol–water partition coefficient (Wildman–Crippen LogP) is 8.49. The summed E-state index contributed by atoms with van der Waals surface area (Å²) < 4.78 is 14.2. The molecule has 3 aromatic heterocycles. The van der Waals surface area contributed by atoms with E-state index in [4.69, 9.17) is 19.4 Å². The molecule has 5 aromatic rings. The van der Waals surface area contributed by atoms with E-state index in [1.807, 2.05) is 12.1 Å². The van der Waals surface area contributed by atoms with Crippen molar-refractivity contribution >= 4 is 56.1 Å². The lowest BCUT2D eigenvalue weighted by Crippen LogP contribution is -2.14. The summed E-state index contributed by atoms with van der Waals surface area (Å²) in [7, 11) is 0. The standard InChI is InChI=1S/C34H23N3O2S/c1-3-7-21(8-4-1)31-25-13-11-23(35-25)19-29-33-34(39-18-17-38-33)30(40-29)20-24-12-14-26(36-24)32(22-9-5-2-6-10-22)28-16-15-27(31)37-28/h1-16,19-20,37H,17-18H2. The number of H-pyrrole nitrogens is 1. The van der Waals surface area contributed by atoms with Gasteiger partial charge in [-0.1, -0.05) is 60.7 Å². The Morgan fingerprint density at radius 1 is 0.575 bits per heavy atom. The molecule has 0 unspecified atom stereocenters. The van der Waals surface area contributed by atoms with E-state index in [1.54, 1.807) is 11.3 Å². The molecule has 192 valence electrons. The Morgan fingerprint density at radius 3 is 1.52 bits per heavy atom.